The molecule has 1 unspecified atom stereocenters. The summed E-state index contributed by atoms with van der Waals surface area (Å²) < 4.78 is 5.36. The lowest BCUT2D eigenvalue weighted by molar-refractivity contribution is -0.0859. The van der Waals surface area contributed by atoms with Gasteiger partial charge in [0.05, 0.1) is 19.4 Å². The lowest BCUT2D eigenvalue weighted by atomic mass is 9.87. The predicted octanol–water partition coefficient (Wildman–Crippen LogP) is 2.12. The fraction of sp³-hybridized carbons (Fsp3) is 0.850. The Morgan fingerprint density at radius 2 is 1.96 bits per heavy atom. The molecule has 6 heteroatoms. The number of hydrogen-bond donors (Lipinski definition) is 2. The van der Waals surface area contributed by atoms with Gasteiger partial charge in [-0.2, -0.15) is 4.99 Å². The number of aliphatic imine (C=N–C) groups is 1. The first kappa shape index (κ1) is 18.1. The van der Waals surface area contributed by atoms with Crippen LogP contribution in [0.4, 0.5) is 0 Å². The van der Waals surface area contributed by atoms with Crippen LogP contribution in [0.25, 0.3) is 0 Å². The molecule has 2 saturated carbocycles. The number of rotatable bonds is 4. The van der Waals surface area contributed by atoms with Crippen molar-refractivity contribution in [2.75, 3.05) is 26.7 Å². The highest BCUT2D eigenvalue weighted by Crippen LogP contribution is 2.36. The maximum atomic E-state index is 10.9. The van der Waals surface area contributed by atoms with E-state index in [1.165, 1.54) is 44.9 Å². The van der Waals surface area contributed by atoms with E-state index in [0.717, 1.165) is 25.5 Å². The van der Waals surface area contributed by atoms with Crippen molar-refractivity contribution in [1.82, 2.24) is 15.1 Å². The molecule has 0 radical (unpaired) electrons. The monoisotopic (exact) mass is 362 g/mol. The average Bonchev–Trinajstić information content (AvgIpc) is 3.53. The van der Waals surface area contributed by atoms with Gasteiger partial charge in [-0.15, -0.1) is 0 Å². The number of aliphatic hydroxyl groups excluding tert-OH is 1. The van der Waals surface area contributed by atoms with Crippen molar-refractivity contribution in [1.29, 1.82) is 0 Å². The van der Waals surface area contributed by atoms with Gasteiger partial charge in [0.2, 0.25) is 5.88 Å². The molecule has 2 heterocycles. The third-order valence-electron chi connectivity index (χ3n) is 6.61. The normalized spacial score (nSPS) is 32.5. The van der Waals surface area contributed by atoms with Crippen LogP contribution in [0.15, 0.2) is 17.1 Å². The molecule has 3 fully saturated rings. The third-order valence-corrected chi connectivity index (χ3v) is 6.61. The zero-order chi connectivity index (χ0) is 18.1. The second-order valence-electron chi connectivity index (χ2n) is 8.48. The second kappa shape index (κ2) is 7.77. The van der Waals surface area contributed by atoms with E-state index in [-0.39, 0.29) is 6.23 Å². The van der Waals surface area contributed by atoms with E-state index in [2.05, 4.69) is 22.0 Å². The highest BCUT2D eigenvalue weighted by atomic mass is 16.5. The molecule has 0 aromatic carbocycles. The molecule has 4 rings (SSSR count). The SMILES string of the molecule is COC1=CN[C@H](C2CC2)C(N2CCN(C(O)C3CCCCC3)[C@H](C)C2)=N1. The van der Waals surface area contributed by atoms with Crippen molar-refractivity contribution in [2.45, 2.75) is 70.2 Å². The summed E-state index contributed by atoms with van der Waals surface area (Å²) in [5, 5.41) is 14.4. The molecule has 26 heavy (non-hydrogen) atoms. The predicted molar refractivity (Wildman–Crippen MR) is 102 cm³/mol. The molecule has 6 nitrogen and oxygen atoms in total. The summed E-state index contributed by atoms with van der Waals surface area (Å²) >= 11 is 0. The van der Waals surface area contributed by atoms with Crippen LogP contribution in [0.5, 0.6) is 0 Å². The molecular formula is C20H34N4O2. The average molecular weight is 363 g/mol. The van der Waals surface area contributed by atoms with E-state index in [1.807, 2.05) is 6.20 Å². The molecule has 0 bridgehead atoms. The number of nitrogens with one attached hydrogen (secondary N) is 1. The summed E-state index contributed by atoms with van der Waals surface area (Å²) in [7, 11) is 1.67. The molecular weight excluding hydrogens is 328 g/mol. The van der Waals surface area contributed by atoms with Gasteiger partial charge < -0.3 is 20.1 Å². The van der Waals surface area contributed by atoms with Crippen LogP contribution < -0.4 is 5.32 Å². The van der Waals surface area contributed by atoms with Crippen molar-refractivity contribution < 1.29 is 9.84 Å². The molecule has 2 aliphatic carbocycles. The van der Waals surface area contributed by atoms with E-state index in [0.29, 0.717) is 29.8 Å². The first-order chi connectivity index (χ1) is 12.7. The number of methoxy groups -OCH3 is 1. The summed E-state index contributed by atoms with van der Waals surface area (Å²) in [6.07, 6.45) is 10.4. The topological polar surface area (TPSA) is 60.3 Å². The lowest BCUT2D eigenvalue weighted by Crippen LogP contribution is -2.61. The van der Waals surface area contributed by atoms with Crippen LogP contribution in [-0.4, -0.2) is 65.8 Å². The summed E-state index contributed by atoms with van der Waals surface area (Å²) in [5.74, 6) is 2.94. The van der Waals surface area contributed by atoms with E-state index >= 15 is 0 Å². The first-order valence-electron chi connectivity index (χ1n) is 10.4. The van der Waals surface area contributed by atoms with Gasteiger partial charge in [0.1, 0.15) is 12.1 Å². The van der Waals surface area contributed by atoms with Crippen molar-refractivity contribution in [2.24, 2.45) is 16.8 Å². The van der Waals surface area contributed by atoms with E-state index in [4.69, 9.17) is 9.73 Å². The molecule has 2 N–H and O–H groups in total. The number of ether oxygens (including phenoxy) is 1. The van der Waals surface area contributed by atoms with Crippen molar-refractivity contribution in [3.05, 3.63) is 12.1 Å². The minimum absolute atomic E-state index is 0.285. The number of piperazine rings is 1. The zero-order valence-corrected chi connectivity index (χ0v) is 16.2. The van der Waals surface area contributed by atoms with Gasteiger partial charge >= 0.3 is 0 Å². The van der Waals surface area contributed by atoms with Crippen LogP contribution in [0.3, 0.4) is 0 Å². The molecule has 2 aliphatic heterocycles. The Bertz CT molecular complexity index is 554. The summed E-state index contributed by atoms with van der Waals surface area (Å²) in [4.78, 5) is 9.53. The van der Waals surface area contributed by atoms with Crippen molar-refractivity contribution >= 4 is 5.84 Å². The van der Waals surface area contributed by atoms with Crippen LogP contribution in [0.2, 0.25) is 0 Å². The molecule has 1 saturated heterocycles. The van der Waals surface area contributed by atoms with Crippen LogP contribution in [-0.2, 0) is 4.74 Å². The van der Waals surface area contributed by atoms with Crippen LogP contribution in [0, 0.1) is 11.8 Å². The van der Waals surface area contributed by atoms with Gasteiger partial charge in [-0.1, -0.05) is 19.3 Å². The Kier molecular flexibility index (Phi) is 5.41. The van der Waals surface area contributed by atoms with Crippen LogP contribution >= 0.6 is 0 Å². The highest BCUT2D eigenvalue weighted by Gasteiger charge is 2.41. The minimum Gasteiger partial charge on any atom is -0.480 e. The molecule has 146 valence electrons. The number of amidine groups is 1. The Morgan fingerprint density at radius 1 is 1.19 bits per heavy atom. The van der Waals surface area contributed by atoms with Crippen molar-refractivity contribution in [3.8, 4) is 0 Å². The van der Waals surface area contributed by atoms with Crippen molar-refractivity contribution in [3.63, 3.8) is 0 Å². The Balaban J connectivity index is 1.42. The molecule has 4 aliphatic rings. The maximum absolute atomic E-state index is 10.9. The van der Waals surface area contributed by atoms with Gasteiger partial charge in [-0.25, -0.2) is 0 Å². The molecule has 0 aromatic heterocycles. The molecule has 0 spiro atoms. The quantitative estimate of drug-likeness (QED) is 0.802. The molecule has 0 amide bonds. The summed E-state index contributed by atoms with van der Waals surface area (Å²) in [6.45, 7) is 4.99. The van der Waals surface area contributed by atoms with Gasteiger partial charge in [-0.3, -0.25) is 4.90 Å². The fourth-order valence-electron chi connectivity index (χ4n) is 4.87. The first-order valence-corrected chi connectivity index (χ1v) is 10.4. The Hall–Kier alpha value is -1.27. The van der Waals surface area contributed by atoms with Gasteiger partial charge in [0, 0.05) is 25.7 Å². The minimum atomic E-state index is -0.285. The second-order valence-corrected chi connectivity index (χ2v) is 8.48. The largest absolute Gasteiger partial charge is 0.480 e. The Labute approximate surface area is 157 Å². The highest BCUT2D eigenvalue weighted by molar-refractivity contribution is 5.90. The molecule has 0 aromatic rings. The van der Waals surface area contributed by atoms with E-state index in [1.54, 1.807) is 7.11 Å². The van der Waals surface area contributed by atoms with Gasteiger partial charge in [0.25, 0.3) is 0 Å². The van der Waals surface area contributed by atoms with Crippen LogP contribution in [0.1, 0.15) is 51.9 Å². The Morgan fingerprint density at radius 3 is 2.62 bits per heavy atom. The zero-order valence-electron chi connectivity index (χ0n) is 16.2. The van der Waals surface area contributed by atoms with Gasteiger partial charge in [-0.05, 0) is 44.4 Å². The fourth-order valence-corrected chi connectivity index (χ4v) is 4.87. The number of nitrogens with zero attached hydrogens (tertiary/aromatic N) is 3. The maximum Gasteiger partial charge on any atom is 0.231 e. The van der Waals surface area contributed by atoms with E-state index < -0.39 is 0 Å². The third kappa shape index (κ3) is 3.72. The number of hydrogen-bond acceptors (Lipinski definition) is 6. The standard InChI is InChI=1S/C20H34N4O2/c1-14-13-23(10-11-24(14)20(25)16-6-4-3-5-7-16)19-18(15-8-9-15)21-12-17(22-19)26-2/h12,14-16,18,20-21,25H,3-11,13H2,1-2H3/t14-,18-,20?/m1/s1. The summed E-state index contributed by atoms with van der Waals surface area (Å²) in [6, 6.07) is 0.649. The lowest BCUT2D eigenvalue weighted by Gasteiger charge is -2.46. The summed E-state index contributed by atoms with van der Waals surface area (Å²) in [5.41, 5.74) is 0. The van der Waals surface area contributed by atoms with Gasteiger partial charge in [0.15, 0.2) is 0 Å². The smallest absolute Gasteiger partial charge is 0.231 e. The number of aliphatic hydroxyl groups is 1. The molecule has 3 atom stereocenters. The van der Waals surface area contributed by atoms with E-state index in [9.17, 15) is 5.11 Å².